The molecule has 1 aliphatic carbocycles. The summed E-state index contributed by atoms with van der Waals surface area (Å²) in [5, 5.41) is 15.4. The zero-order chi connectivity index (χ0) is 15.1. The normalized spacial score (nSPS) is 25.0. The van der Waals surface area contributed by atoms with Gasteiger partial charge in [-0.15, -0.1) is 0 Å². The van der Waals surface area contributed by atoms with Gasteiger partial charge >= 0.3 is 12.0 Å². The van der Waals surface area contributed by atoms with Gasteiger partial charge in [0.15, 0.2) is 0 Å². The monoisotopic (exact) mass is 332 g/mol. The molecule has 0 radical (unpaired) electrons. The van der Waals surface area contributed by atoms with Crippen molar-refractivity contribution in [2.45, 2.75) is 49.3 Å². The van der Waals surface area contributed by atoms with Crippen molar-refractivity contribution in [3.63, 3.8) is 0 Å². The van der Waals surface area contributed by atoms with E-state index in [1.165, 1.54) is 5.75 Å². The van der Waals surface area contributed by atoms with E-state index in [0.29, 0.717) is 11.8 Å². The van der Waals surface area contributed by atoms with Gasteiger partial charge in [-0.25, -0.2) is 4.79 Å². The van der Waals surface area contributed by atoms with E-state index in [1.54, 1.807) is 0 Å². The molecule has 7 heteroatoms. The molecule has 0 aromatic carbocycles. The number of hydrogen-bond donors (Lipinski definition) is 3. The fraction of sp³-hybridized carbons (Fsp3) is 0.857. The van der Waals surface area contributed by atoms with Crippen LogP contribution < -0.4 is 10.6 Å². The molecule has 3 N–H and O–H groups in total. The molecule has 1 heterocycles. The van der Waals surface area contributed by atoms with E-state index in [2.05, 4.69) is 10.6 Å². The molecular formula is C14H24N2O3S2. The van der Waals surface area contributed by atoms with Crippen molar-refractivity contribution in [2.75, 3.05) is 23.8 Å². The molecule has 0 spiro atoms. The van der Waals surface area contributed by atoms with Crippen LogP contribution in [-0.2, 0) is 4.79 Å². The molecule has 2 fully saturated rings. The van der Waals surface area contributed by atoms with Crippen LogP contribution in [-0.4, -0.2) is 51.7 Å². The Bertz CT molecular complexity index is 367. The van der Waals surface area contributed by atoms with Gasteiger partial charge in [0.25, 0.3) is 0 Å². The van der Waals surface area contributed by atoms with Crippen molar-refractivity contribution in [1.82, 2.24) is 10.6 Å². The van der Waals surface area contributed by atoms with Gasteiger partial charge in [0.05, 0.1) is 12.0 Å². The maximum atomic E-state index is 12.1. The third kappa shape index (κ3) is 5.62. The summed E-state index contributed by atoms with van der Waals surface area (Å²) in [6.07, 6.45) is 4.65. The Morgan fingerprint density at radius 2 is 1.95 bits per heavy atom. The SMILES string of the molecule is O=C(O)CC1(NC(=O)NCC2CSCCS2)CCCCC1. The summed E-state index contributed by atoms with van der Waals surface area (Å²) in [5.41, 5.74) is -0.553. The van der Waals surface area contributed by atoms with Crippen molar-refractivity contribution in [3.05, 3.63) is 0 Å². The number of amides is 2. The first-order valence-corrected chi connectivity index (χ1v) is 9.77. The topological polar surface area (TPSA) is 78.4 Å². The minimum absolute atomic E-state index is 0.0223. The van der Waals surface area contributed by atoms with Crippen LogP contribution in [0.5, 0.6) is 0 Å². The summed E-state index contributed by atoms with van der Waals surface area (Å²) in [5.74, 6) is 2.57. The van der Waals surface area contributed by atoms with Gasteiger partial charge in [0.1, 0.15) is 0 Å². The molecule has 1 saturated heterocycles. The minimum Gasteiger partial charge on any atom is -0.481 e. The zero-order valence-corrected chi connectivity index (χ0v) is 13.9. The van der Waals surface area contributed by atoms with Gasteiger partial charge in [-0.2, -0.15) is 23.5 Å². The van der Waals surface area contributed by atoms with Crippen LogP contribution in [0.15, 0.2) is 0 Å². The van der Waals surface area contributed by atoms with Gasteiger partial charge < -0.3 is 15.7 Å². The zero-order valence-electron chi connectivity index (χ0n) is 12.2. The second-order valence-corrected chi connectivity index (χ2v) is 8.37. The van der Waals surface area contributed by atoms with Crippen molar-refractivity contribution in [3.8, 4) is 0 Å². The highest BCUT2D eigenvalue weighted by Crippen LogP contribution is 2.31. The van der Waals surface area contributed by atoms with E-state index in [9.17, 15) is 9.59 Å². The largest absolute Gasteiger partial charge is 0.481 e. The lowest BCUT2D eigenvalue weighted by atomic mass is 9.79. The average molecular weight is 332 g/mol. The van der Waals surface area contributed by atoms with E-state index in [1.807, 2.05) is 23.5 Å². The van der Waals surface area contributed by atoms with Crippen molar-refractivity contribution < 1.29 is 14.7 Å². The molecular weight excluding hydrogens is 308 g/mol. The number of aliphatic carboxylic acids is 1. The molecule has 1 aliphatic heterocycles. The van der Waals surface area contributed by atoms with Crippen LogP contribution in [0.1, 0.15) is 38.5 Å². The number of carbonyl (C=O) groups excluding carboxylic acids is 1. The molecule has 21 heavy (non-hydrogen) atoms. The molecule has 1 atom stereocenters. The van der Waals surface area contributed by atoms with Crippen LogP contribution >= 0.6 is 23.5 Å². The number of rotatable bonds is 5. The van der Waals surface area contributed by atoms with Gasteiger partial charge in [-0.05, 0) is 12.8 Å². The number of thioether (sulfide) groups is 2. The molecule has 2 rings (SSSR count). The molecule has 2 amide bonds. The van der Waals surface area contributed by atoms with Crippen molar-refractivity contribution in [2.24, 2.45) is 0 Å². The maximum Gasteiger partial charge on any atom is 0.315 e. The smallest absolute Gasteiger partial charge is 0.315 e. The lowest BCUT2D eigenvalue weighted by molar-refractivity contribution is -0.139. The standard InChI is InChI=1S/C14H24N2O3S2/c17-12(18)8-14(4-2-1-3-5-14)16-13(19)15-9-11-10-20-6-7-21-11/h11H,1-10H2,(H,17,18)(H2,15,16,19). The number of nitrogens with one attached hydrogen (secondary N) is 2. The average Bonchev–Trinajstić information content (AvgIpc) is 2.46. The minimum atomic E-state index is -0.837. The summed E-state index contributed by atoms with van der Waals surface area (Å²) in [4.78, 5) is 23.2. The van der Waals surface area contributed by atoms with Crippen LogP contribution in [0.25, 0.3) is 0 Å². The number of carbonyl (C=O) groups is 2. The highest BCUT2D eigenvalue weighted by atomic mass is 32.2. The van der Waals surface area contributed by atoms with Crippen molar-refractivity contribution in [1.29, 1.82) is 0 Å². The van der Waals surface area contributed by atoms with E-state index < -0.39 is 11.5 Å². The van der Waals surface area contributed by atoms with Crippen LogP contribution in [0.2, 0.25) is 0 Å². The summed E-state index contributed by atoms with van der Waals surface area (Å²) in [6, 6.07) is -0.214. The number of hydrogen-bond acceptors (Lipinski definition) is 4. The first-order chi connectivity index (χ1) is 10.1. The Morgan fingerprint density at radius 3 is 2.57 bits per heavy atom. The molecule has 120 valence electrons. The molecule has 0 bridgehead atoms. The molecule has 0 aromatic heterocycles. The Morgan fingerprint density at radius 1 is 1.19 bits per heavy atom. The molecule has 2 aliphatic rings. The van der Waals surface area contributed by atoms with Gasteiger partial charge in [0, 0.05) is 29.1 Å². The van der Waals surface area contributed by atoms with Crippen LogP contribution in [0.4, 0.5) is 4.79 Å². The first-order valence-electron chi connectivity index (χ1n) is 7.57. The van der Waals surface area contributed by atoms with Gasteiger partial charge in [0.2, 0.25) is 0 Å². The van der Waals surface area contributed by atoms with E-state index in [-0.39, 0.29) is 12.5 Å². The number of carboxylic acids is 1. The number of carboxylic acid groups (broad SMARTS) is 1. The summed E-state index contributed by atoms with van der Waals surface area (Å²) >= 11 is 3.83. The summed E-state index contributed by atoms with van der Waals surface area (Å²) in [7, 11) is 0. The molecule has 5 nitrogen and oxygen atoms in total. The predicted octanol–water partition coefficient (Wildman–Crippen LogP) is 2.31. The van der Waals surface area contributed by atoms with Gasteiger partial charge in [-0.3, -0.25) is 4.79 Å². The van der Waals surface area contributed by atoms with E-state index >= 15 is 0 Å². The van der Waals surface area contributed by atoms with Gasteiger partial charge in [-0.1, -0.05) is 19.3 Å². The predicted molar refractivity (Wildman–Crippen MR) is 88.2 cm³/mol. The fourth-order valence-electron chi connectivity index (χ4n) is 3.01. The van der Waals surface area contributed by atoms with E-state index in [4.69, 9.17) is 5.11 Å². The third-order valence-electron chi connectivity index (χ3n) is 4.05. The Hall–Kier alpha value is -0.560. The quantitative estimate of drug-likeness (QED) is 0.720. The van der Waals surface area contributed by atoms with E-state index in [0.717, 1.165) is 43.6 Å². The lowest BCUT2D eigenvalue weighted by Gasteiger charge is -2.37. The Balaban J connectivity index is 1.81. The lowest BCUT2D eigenvalue weighted by Crippen LogP contribution is -2.55. The molecule has 0 aromatic rings. The number of urea groups is 1. The van der Waals surface area contributed by atoms with Crippen LogP contribution in [0, 0.1) is 0 Å². The second kappa shape index (κ2) is 8.17. The first kappa shape index (κ1) is 16.8. The molecule has 1 saturated carbocycles. The van der Waals surface area contributed by atoms with Crippen LogP contribution in [0.3, 0.4) is 0 Å². The Kier molecular flexibility index (Phi) is 6.54. The maximum absolute atomic E-state index is 12.1. The summed E-state index contributed by atoms with van der Waals surface area (Å²) < 4.78 is 0. The Labute approximate surface area is 134 Å². The van der Waals surface area contributed by atoms with Crippen molar-refractivity contribution >= 4 is 35.5 Å². The third-order valence-corrected chi connectivity index (χ3v) is 6.90. The second-order valence-electron chi connectivity index (χ2n) is 5.81. The summed E-state index contributed by atoms with van der Waals surface area (Å²) in [6.45, 7) is 0.659. The highest BCUT2D eigenvalue weighted by molar-refractivity contribution is 8.06. The highest BCUT2D eigenvalue weighted by Gasteiger charge is 2.35. The fourth-order valence-corrected chi connectivity index (χ4v) is 5.62. The molecule has 1 unspecified atom stereocenters.